The number of hydrogen-bond acceptors (Lipinski definition) is 3. The van der Waals surface area contributed by atoms with E-state index in [-0.39, 0.29) is 18.2 Å². The molecule has 2 nitrogen and oxygen atoms in total. The molecule has 1 heterocycles. The van der Waals surface area contributed by atoms with Crippen molar-refractivity contribution in [3.63, 3.8) is 0 Å². The molecular weight excluding hydrogens is 266 g/mol. The molecule has 0 bridgehead atoms. The first-order valence-corrected chi connectivity index (χ1v) is 6.14. The lowest BCUT2D eigenvalue weighted by molar-refractivity contribution is 0.478. The highest BCUT2D eigenvalue weighted by Crippen LogP contribution is 2.40. The molecule has 0 spiro atoms. The summed E-state index contributed by atoms with van der Waals surface area (Å²) in [6.07, 6.45) is 0. The number of aromatic hydroxyl groups is 1. The second kappa shape index (κ2) is 4.88. The third-order valence-electron chi connectivity index (χ3n) is 2.75. The Morgan fingerprint density at radius 1 is 1.00 bits per heavy atom. The van der Waals surface area contributed by atoms with Gasteiger partial charge in [0, 0.05) is 15.3 Å². The van der Waals surface area contributed by atoms with Crippen LogP contribution in [0.25, 0.3) is 20.5 Å². The lowest BCUT2D eigenvalue weighted by Gasteiger charge is -2.04. The van der Waals surface area contributed by atoms with Crippen molar-refractivity contribution in [3.8, 4) is 16.2 Å². The van der Waals surface area contributed by atoms with Crippen LogP contribution in [0.1, 0.15) is 0 Å². The Bertz CT molecular complexity index is 640. The fourth-order valence-electron chi connectivity index (χ4n) is 1.93. The number of thiophene rings is 1. The third-order valence-corrected chi connectivity index (χ3v) is 3.88. The van der Waals surface area contributed by atoms with Crippen LogP contribution in [0.15, 0.2) is 48.5 Å². The molecule has 0 saturated carbocycles. The molecule has 92 valence electrons. The summed E-state index contributed by atoms with van der Waals surface area (Å²) in [5.41, 5.74) is 7.26. The highest BCUT2D eigenvalue weighted by molar-refractivity contribution is 7.22. The van der Waals surface area contributed by atoms with Crippen molar-refractivity contribution in [2.75, 3.05) is 5.73 Å². The van der Waals surface area contributed by atoms with Crippen LogP contribution in [0.5, 0.6) is 5.75 Å². The van der Waals surface area contributed by atoms with Crippen molar-refractivity contribution < 1.29 is 5.11 Å². The van der Waals surface area contributed by atoms with Crippen molar-refractivity contribution in [1.82, 2.24) is 0 Å². The quantitative estimate of drug-likeness (QED) is 0.652. The van der Waals surface area contributed by atoms with E-state index < -0.39 is 0 Å². The topological polar surface area (TPSA) is 46.2 Å². The molecule has 0 amide bonds. The summed E-state index contributed by atoms with van der Waals surface area (Å²) in [6.45, 7) is 0. The molecule has 0 aliphatic rings. The van der Waals surface area contributed by atoms with E-state index >= 15 is 0 Å². The van der Waals surface area contributed by atoms with Gasteiger partial charge in [0.05, 0.1) is 5.56 Å². The molecule has 0 atom stereocenters. The predicted octanol–water partition coefficient (Wildman–Crippen LogP) is 4.28. The Hall–Kier alpha value is -1.71. The maximum absolute atomic E-state index is 9.90. The molecule has 0 fully saturated rings. The van der Waals surface area contributed by atoms with Gasteiger partial charge in [0.25, 0.3) is 0 Å². The highest BCUT2D eigenvalue weighted by atomic mass is 35.5. The van der Waals surface area contributed by atoms with E-state index in [1.54, 1.807) is 29.5 Å². The van der Waals surface area contributed by atoms with Gasteiger partial charge in [-0.2, -0.15) is 0 Å². The largest absolute Gasteiger partial charge is 0.507 e. The molecule has 0 aliphatic carbocycles. The Kier molecular flexibility index (Phi) is 3.45. The Morgan fingerprint density at radius 2 is 1.78 bits per heavy atom. The Morgan fingerprint density at radius 3 is 2.50 bits per heavy atom. The van der Waals surface area contributed by atoms with Gasteiger partial charge in [-0.05, 0) is 29.7 Å². The number of phenols is 1. The van der Waals surface area contributed by atoms with E-state index in [4.69, 9.17) is 5.73 Å². The molecule has 0 saturated heterocycles. The number of hydrogen-bond donors (Lipinski definition) is 2. The van der Waals surface area contributed by atoms with Crippen LogP contribution in [0.2, 0.25) is 0 Å². The molecular formula is C14H12ClNOS. The number of halogens is 1. The Labute approximate surface area is 115 Å². The number of fused-ring (bicyclic) bond motifs is 1. The van der Waals surface area contributed by atoms with Crippen LogP contribution in [-0.4, -0.2) is 5.11 Å². The number of nitrogens with two attached hydrogens (primary N) is 1. The standard InChI is InChI=1S/C14H11NOS.ClH/c15-10-5-3-6-11(16)14(10)13-8-9-4-1-2-7-12(9)17-13;/h1-8,16H,15H2;1H. The second-order valence-electron chi connectivity index (χ2n) is 3.89. The van der Waals surface area contributed by atoms with E-state index in [9.17, 15) is 5.11 Å². The molecule has 3 rings (SSSR count). The maximum atomic E-state index is 9.90. The van der Waals surface area contributed by atoms with Gasteiger partial charge in [0.2, 0.25) is 0 Å². The van der Waals surface area contributed by atoms with Crippen molar-refractivity contribution in [2.24, 2.45) is 0 Å². The first kappa shape index (κ1) is 12.7. The minimum Gasteiger partial charge on any atom is -0.507 e. The van der Waals surface area contributed by atoms with Gasteiger partial charge < -0.3 is 10.8 Å². The fraction of sp³-hybridized carbons (Fsp3) is 0. The van der Waals surface area contributed by atoms with Gasteiger partial charge in [0.15, 0.2) is 0 Å². The summed E-state index contributed by atoms with van der Waals surface area (Å²) < 4.78 is 1.20. The number of rotatable bonds is 1. The summed E-state index contributed by atoms with van der Waals surface area (Å²) >= 11 is 1.64. The van der Waals surface area contributed by atoms with Crippen LogP contribution in [-0.2, 0) is 0 Å². The summed E-state index contributed by atoms with van der Waals surface area (Å²) in [5, 5.41) is 11.1. The van der Waals surface area contributed by atoms with E-state index in [1.807, 2.05) is 12.1 Å². The van der Waals surface area contributed by atoms with Crippen molar-refractivity contribution in [3.05, 3.63) is 48.5 Å². The predicted molar refractivity (Wildman–Crippen MR) is 80.6 cm³/mol. The van der Waals surface area contributed by atoms with Crippen molar-refractivity contribution in [1.29, 1.82) is 0 Å². The van der Waals surface area contributed by atoms with Gasteiger partial charge in [-0.3, -0.25) is 0 Å². The molecule has 0 radical (unpaired) electrons. The average molecular weight is 278 g/mol. The minimum absolute atomic E-state index is 0. The first-order chi connectivity index (χ1) is 8.25. The lowest BCUT2D eigenvalue weighted by atomic mass is 10.1. The van der Waals surface area contributed by atoms with Gasteiger partial charge in [0.1, 0.15) is 5.75 Å². The molecule has 18 heavy (non-hydrogen) atoms. The monoisotopic (exact) mass is 277 g/mol. The van der Waals surface area contributed by atoms with Gasteiger partial charge in [-0.15, -0.1) is 23.7 Å². The zero-order valence-corrected chi connectivity index (χ0v) is 11.1. The van der Waals surface area contributed by atoms with Crippen molar-refractivity contribution >= 4 is 39.5 Å². The zero-order valence-electron chi connectivity index (χ0n) is 9.46. The van der Waals surface area contributed by atoms with Crippen LogP contribution in [0.4, 0.5) is 5.69 Å². The van der Waals surface area contributed by atoms with Crippen LogP contribution >= 0.6 is 23.7 Å². The molecule has 4 heteroatoms. The summed E-state index contributed by atoms with van der Waals surface area (Å²) in [6, 6.07) is 15.4. The van der Waals surface area contributed by atoms with E-state index in [0.717, 1.165) is 10.4 Å². The van der Waals surface area contributed by atoms with Gasteiger partial charge >= 0.3 is 0 Å². The second-order valence-corrected chi connectivity index (χ2v) is 4.97. The van der Waals surface area contributed by atoms with Gasteiger partial charge in [-0.1, -0.05) is 24.3 Å². The lowest BCUT2D eigenvalue weighted by Crippen LogP contribution is -1.88. The molecule has 3 aromatic rings. The number of phenolic OH excluding ortho intramolecular Hbond substituents is 1. The average Bonchev–Trinajstić information content (AvgIpc) is 2.71. The van der Waals surface area contributed by atoms with Crippen LogP contribution < -0.4 is 5.73 Å². The van der Waals surface area contributed by atoms with Crippen LogP contribution in [0.3, 0.4) is 0 Å². The number of nitrogen functional groups attached to an aromatic ring is 1. The number of anilines is 1. The van der Waals surface area contributed by atoms with E-state index in [1.165, 1.54) is 10.1 Å². The highest BCUT2D eigenvalue weighted by Gasteiger charge is 2.11. The minimum atomic E-state index is 0. The zero-order chi connectivity index (χ0) is 11.8. The third kappa shape index (κ3) is 2.03. The summed E-state index contributed by atoms with van der Waals surface area (Å²) in [4.78, 5) is 1.00. The van der Waals surface area contributed by atoms with Gasteiger partial charge in [-0.25, -0.2) is 0 Å². The molecule has 2 aromatic carbocycles. The van der Waals surface area contributed by atoms with Crippen molar-refractivity contribution in [2.45, 2.75) is 0 Å². The summed E-state index contributed by atoms with van der Waals surface area (Å²) in [7, 11) is 0. The fourth-order valence-corrected chi connectivity index (χ4v) is 3.07. The maximum Gasteiger partial charge on any atom is 0.126 e. The normalized spacial score (nSPS) is 10.2. The molecule has 0 unspecified atom stereocenters. The molecule has 1 aromatic heterocycles. The van der Waals surface area contributed by atoms with E-state index in [0.29, 0.717) is 5.69 Å². The SMILES string of the molecule is Cl.Nc1cccc(O)c1-c1cc2ccccc2s1. The Balaban J connectivity index is 0.00000120. The molecule has 0 aliphatic heterocycles. The first-order valence-electron chi connectivity index (χ1n) is 5.32. The number of benzene rings is 2. The van der Waals surface area contributed by atoms with E-state index in [2.05, 4.69) is 18.2 Å². The summed E-state index contributed by atoms with van der Waals surface area (Å²) in [5.74, 6) is 0.233. The van der Waals surface area contributed by atoms with Crippen LogP contribution in [0, 0.1) is 0 Å². The molecule has 3 N–H and O–H groups in total. The smallest absolute Gasteiger partial charge is 0.126 e.